The Labute approximate surface area is 52.6 Å². The molecular weight excluding hydrogens is 112 g/mol. The van der Waals surface area contributed by atoms with Crippen molar-refractivity contribution in [3.63, 3.8) is 0 Å². The van der Waals surface area contributed by atoms with Gasteiger partial charge < -0.3 is 0 Å². The van der Waals surface area contributed by atoms with Gasteiger partial charge in [0.2, 0.25) is 0 Å². The van der Waals surface area contributed by atoms with Gasteiger partial charge in [-0.05, 0) is 12.5 Å². The Morgan fingerprint density at radius 1 is 1.50 bits per heavy atom. The predicted molar refractivity (Wildman–Crippen MR) is 40.9 cm³/mol. The van der Waals surface area contributed by atoms with Crippen molar-refractivity contribution < 1.29 is 0 Å². The molecule has 0 bridgehead atoms. The van der Waals surface area contributed by atoms with Crippen molar-refractivity contribution in [3.8, 4) is 0 Å². The van der Waals surface area contributed by atoms with Gasteiger partial charge in [-0.1, -0.05) is 24.7 Å². The van der Waals surface area contributed by atoms with Crippen LogP contribution in [0.2, 0.25) is 25.2 Å². The van der Waals surface area contributed by atoms with Crippen LogP contribution < -0.4 is 0 Å². The Kier molecular flexibility index (Phi) is 1.31. The standard InChI is InChI=1S/C7H14Si/c1-7-4-5-8(2,3)6-7/h1,4-6H2,2-3H3. The molecule has 0 aromatic carbocycles. The molecule has 0 nitrogen and oxygen atoms in total. The van der Waals surface area contributed by atoms with E-state index in [4.69, 9.17) is 0 Å². The highest BCUT2D eigenvalue weighted by Crippen LogP contribution is 2.32. The van der Waals surface area contributed by atoms with E-state index in [1.165, 1.54) is 24.1 Å². The fraction of sp³-hybridized carbons (Fsp3) is 0.714. The van der Waals surface area contributed by atoms with Crippen LogP contribution in [-0.4, -0.2) is 8.07 Å². The molecule has 0 aromatic heterocycles. The van der Waals surface area contributed by atoms with Crippen molar-refractivity contribution in [3.05, 3.63) is 12.2 Å². The SMILES string of the molecule is C=C1CC[Si](C)(C)C1. The molecule has 0 aliphatic carbocycles. The van der Waals surface area contributed by atoms with Crippen LogP contribution >= 0.6 is 0 Å². The van der Waals surface area contributed by atoms with Gasteiger partial charge in [-0.15, -0.1) is 6.58 Å². The van der Waals surface area contributed by atoms with Crippen LogP contribution in [0.3, 0.4) is 0 Å². The molecule has 1 aliphatic heterocycles. The normalized spacial score (nSPS) is 26.5. The third kappa shape index (κ3) is 1.22. The molecule has 46 valence electrons. The molecule has 0 radical (unpaired) electrons. The first-order valence-electron chi connectivity index (χ1n) is 3.27. The van der Waals surface area contributed by atoms with Gasteiger partial charge in [0.1, 0.15) is 0 Å². The van der Waals surface area contributed by atoms with Gasteiger partial charge in [0.05, 0.1) is 8.07 Å². The maximum Gasteiger partial charge on any atom is 0.0517 e. The molecule has 1 heterocycles. The van der Waals surface area contributed by atoms with Gasteiger partial charge in [-0.2, -0.15) is 0 Å². The van der Waals surface area contributed by atoms with Gasteiger partial charge in [0, 0.05) is 0 Å². The zero-order valence-electron chi connectivity index (χ0n) is 5.83. The molecule has 0 aromatic rings. The molecule has 1 heteroatoms. The summed E-state index contributed by atoms with van der Waals surface area (Å²) in [5.74, 6) is 0. The van der Waals surface area contributed by atoms with Gasteiger partial charge >= 0.3 is 0 Å². The molecule has 0 atom stereocenters. The van der Waals surface area contributed by atoms with E-state index in [9.17, 15) is 0 Å². The third-order valence-corrected chi connectivity index (χ3v) is 4.94. The molecular formula is C7H14Si. The lowest BCUT2D eigenvalue weighted by Crippen LogP contribution is -2.18. The summed E-state index contributed by atoms with van der Waals surface area (Å²) in [6.07, 6.45) is 1.32. The highest BCUT2D eigenvalue weighted by atomic mass is 28.3. The first-order valence-corrected chi connectivity index (χ1v) is 6.68. The van der Waals surface area contributed by atoms with E-state index < -0.39 is 8.07 Å². The second kappa shape index (κ2) is 1.73. The summed E-state index contributed by atoms with van der Waals surface area (Å²) in [6, 6.07) is 2.86. The lowest BCUT2D eigenvalue weighted by molar-refractivity contribution is 1.16. The molecule has 0 unspecified atom stereocenters. The minimum atomic E-state index is -0.703. The van der Waals surface area contributed by atoms with Gasteiger partial charge in [-0.25, -0.2) is 0 Å². The van der Waals surface area contributed by atoms with Crippen molar-refractivity contribution in [2.24, 2.45) is 0 Å². The van der Waals surface area contributed by atoms with Crippen molar-refractivity contribution in [2.45, 2.75) is 31.6 Å². The van der Waals surface area contributed by atoms with Gasteiger partial charge in [0.25, 0.3) is 0 Å². The summed E-state index contributed by atoms with van der Waals surface area (Å²) in [5.41, 5.74) is 1.50. The second-order valence-electron chi connectivity index (χ2n) is 3.59. The van der Waals surface area contributed by atoms with E-state index in [0.717, 1.165) is 0 Å². The molecule has 8 heavy (non-hydrogen) atoms. The Morgan fingerprint density at radius 2 is 2.12 bits per heavy atom. The molecule has 1 aliphatic rings. The molecule has 0 saturated carbocycles. The fourth-order valence-electron chi connectivity index (χ4n) is 1.37. The third-order valence-electron chi connectivity index (χ3n) is 1.88. The van der Waals surface area contributed by atoms with Crippen molar-refractivity contribution >= 4 is 8.07 Å². The zero-order chi connectivity index (χ0) is 6.20. The zero-order valence-corrected chi connectivity index (χ0v) is 6.83. The molecule has 1 saturated heterocycles. The lowest BCUT2D eigenvalue weighted by atomic mass is 10.3. The molecule has 1 rings (SSSR count). The van der Waals surface area contributed by atoms with Crippen molar-refractivity contribution in [1.29, 1.82) is 0 Å². The fourth-order valence-corrected chi connectivity index (χ4v) is 4.11. The van der Waals surface area contributed by atoms with Crippen LogP contribution in [-0.2, 0) is 0 Å². The summed E-state index contributed by atoms with van der Waals surface area (Å²) in [6.45, 7) is 8.88. The summed E-state index contributed by atoms with van der Waals surface area (Å²) in [7, 11) is -0.703. The van der Waals surface area contributed by atoms with E-state index >= 15 is 0 Å². The number of rotatable bonds is 0. The number of hydrogen-bond acceptors (Lipinski definition) is 0. The average Bonchev–Trinajstić information content (AvgIpc) is 1.82. The first-order chi connectivity index (χ1) is 3.60. The van der Waals surface area contributed by atoms with E-state index in [2.05, 4.69) is 19.7 Å². The monoisotopic (exact) mass is 126 g/mol. The molecule has 0 amide bonds. The van der Waals surface area contributed by atoms with E-state index in [1.807, 2.05) is 0 Å². The average molecular weight is 126 g/mol. The number of hydrogen-bond donors (Lipinski definition) is 0. The molecule has 1 fully saturated rings. The summed E-state index contributed by atoms with van der Waals surface area (Å²) >= 11 is 0. The van der Waals surface area contributed by atoms with Crippen LogP contribution in [0.25, 0.3) is 0 Å². The minimum absolute atomic E-state index is 0.703. The van der Waals surface area contributed by atoms with Gasteiger partial charge in [-0.3, -0.25) is 0 Å². The van der Waals surface area contributed by atoms with E-state index in [-0.39, 0.29) is 0 Å². The quantitative estimate of drug-likeness (QED) is 0.346. The van der Waals surface area contributed by atoms with Crippen LogP contribution in [0.15, 0.2) is 12.2 Å². The van der Waals surface area contributed by atoms with Gasteiger partial charge in [0.15, 0.2) is 0 Å². The maximum atomic E-state index is 3.98. The highest BCUT2D eigenvalue weighted by Gasteiger charge is 2.26. The molecule has 0 spiro atoms. The van der Waals surface area contributed by atoms with Crippen LogP contribution in [0, 0.1) is 0 Å². The van der Waals surface area contributed by atoms with Crippen molar-refractivity contribution in [2.75, 3.05) is 0 Å². The van der Waals surface area contributed by atoms with Crippen LogP contribution in [0.1, 0.15) is 6.42 Å². The Hall–Kier alpha value is -0.0431. The highest BCUT2D eigenvalue weighted by molar-refractivity contribution is 6.78. The minimum Gasteiger partial charge on any atom is -0.100 e. The first kappa shape index (κ1) is 6.08. The number of allylic oxidation sites excluding steroid dienone is 1. The topological polar surface area (TPSA) is 0 Å². The van der Waals surface area contributed by atoms with Crippen LogP contribution in [0.5, 0.6) is 0 Å². The van der Waals surface area contributed by atoms with E-state index in [0.29, 0.717) is 0 Å². The predicted octanol–water partition coefficient (Wildman–Crippen LogP) is 2.65. The second-order valence-corrected chi connectivity index (χ2v) is 8.77. The summed E-state index contributed by atoms with van der Waals surface area (Å²) in [4.78, 5) is 0. The Bertz CT molecular complexity index is 114. The van der Waals surface area contributed by atoms with E-state index in [1.54, 1.807) is 0 Å². The van der Waals surface area contributed by atoms with Crippen LogP contribution in [0.4, 0.5) is 0 Å². The Morgan fingerprint density at radius 3 is 2.25 bits per heavy atom. The lowest BCUT2D eigenvalue weighted by Gasteiger charge is -2.10. The van der Waals surface area contributed by atoms with Crippen molar-refractivity contribution in [1.82, 2.24) is 0 Å². The summed E-state index contributed by atoms with van der Waals surface area (Å²) in [5, 5.41) is 0. The maximum absolute atomic E-state index is 3.98. The summed E-state index contributed by atoms with van der Waals surface area (Å²) < 4.78 is 0. The Balaban J connectivity index is 2.56. The largest absolute Gasteiger partial charge is 0.100 e. The smallest absolute Gasteiger partial charge is 0.0517 e. The molecule has 0 N–H and O–H groups in total.